The number of benzene rings is 2. The molecule has 0 spiro atoms. The van der Waals surface area contributed by atoms with Crippen molar-refractivity contribution in [1.29, 1.82) is 0 Å². The molecule has 2 aromatic carbocycles. The normalized spacial score (nSPS) is 16.3. The molecule has 1 aliphatic rings. The third-order valence-corrected chi connectivity index (χ3v) is 7.28. The lowest BCUT2D eigenvalue weighted by atomic mass is 10.0. The highest BCUT2D eigenvalue weighted by Gasteiger charge is 2.25. The second-order valence-corrected chi connectivity index (χ2v) is 9.95. The lowest BCUT2D eigenvalue weighted by Gasteiger charge is -2.36. The van der Waals surface area contributed by atoms with E-state index in [9.17, 15) is 12.8 Å². The molecule has 1 saturated heterocycles. The number of anilines is 1. The van der Waals surface area contributed by atoms with Crippen LogP contribution in [0.25, 0.3) is 0 Å². The molecule has 0 unspecified atom stereocenters. The number of hydrogen-bond donors (Lipinski definition) is 1. The van der Waals surface area contributed by atoms with E-state index in [4.69, 9.17) is 16.3 Å². The fourth-order valence-corrected chi connectivity index (χ4v) is 5.06. The number of sulfonamides is 1. The number of rotatable bonds is 7. The molecule has 1 fully saturated rings. The molecule has 1 aromatic heterocycles. The van der Waals surface area contributed by atoms with Gasteiger partial charge in [-0.05, 0) is 43.5 Å². The van der Waals surface area contributed by atoms with Gasteiger partial charge in [-0.25, -0.2) is 27.5 Å². The van der Waals surface area contributed by atoms with Gasteiger partial charge in [-0.15, -0.1) is 0 Å². The predicted molar refractivity (Wildman–Crippen MR) is 124 cm³/mol. The van der Waals surface area contributed by atoms with Gasteiger partial charge in [-0.1, -0.05) is 41.9 Å². The van der Waals surface area contributed by atoms with Crippen LogP contribution < -0.4 is 9.46 Å². The Labute approximate surface area is 197 Å². The first kappa shape index (κ1) is 23.4. The van der Waals surface area contributed by atoms with Gasteiger partial charge >= 0.3 is 0 Å². The SMILES string of the molecule is C[C@H](c1ccccc1)N1CCC(Oc2ccc(S(=O)(=O)Nc3ncc(F)cn3)cc2Cl)CC1. The summed E-state index contributed by atoms with van der Waals surface area (Å²) in [4.78, 5) is 9.57. The van der Waals surface area contributed by atoms with E-state index in [2.05, 4.69) is 50.8 Å². The molecule has 4 rings (SSSR count). The van der Waals surface area contributed by atoms with Crippen LogP contribution in [0.4, 0.5) is 10.3 Å². The number of hydrogen-bond acceptors (Lipinski definition) is 6. The van der Waals surface area contributed by atoms with Crippen molar-refractivity contribution in [3.63, 3.8) is 0 Å². The van der Waals surface area contributed by atoms with E-state index < -0.39 is 15.8 Å². The zero-order valence-corrected chi connectivity index (χ0v) is 19.6. The Hall–Kier alpha value is -2.75. The van der Waals surface area contributed by atoms with Crippen molar-refractivity contribution in [3.8, 4) is 5.75 Å². The maximum absolute atomic E-state index is 12.9. The molecule has 0 saturated carbocycles. The molecule has 0 amide bonds. The van der Waals surface area contributed by atoms with Crippen molar-refractivity contribution in [1.82, 2.24) is 14.9 Å². The van der Waals surface area contributed by atoms with Crippen LogP contribution >= 0.6 is 11.6 Å². The number of aromatic nitrogens is 2. The van der Waals surface area contributed by atoms with E-state index in [0.717, 1.165) is 38.3 Å². The number of nitrogens with one attached hydrogen (secondary N) is 1. The average molecular weight is 491 g/mol. The van der Waals surface area contributed by atoms with Gasteiger partial charge in [0.25, 0.3) is 10.0 Å². The maximum Gasteiger partial charge on any atom is 0.264 e. The molecule has 1 atom stereocenters. The molecule has 1 N–H and O–H groups in total. The minimum absolute atomic E-state index is 0.00470. The van der Waals surface area contributed by atoms with E-state index in [0.29, 0.717) is 11.8 Å². The van der Waals surface area contributed by atoms with Gasteiger partial charge in [0, 0.05) is 19.1 Å². The van der Waals surface area contributed by atoms with Crippen LogP contribution in [0.2, 0.25) is 5.02 Å². The van der Waals surface area contributed by atoms with Crippen molar-refractivity contribution < 1.29 is 17.5 Å². The van der Waals surface area contributed by atoms with Crippen molar-refractivity contribution in [3.05, 3.63) is 77.3 Å². The van der Waals surface area contributed by atoms with Crippen molar-refractivity contribution in [2.45, 2.75) is 36.8 Å². The summed E-state index contributed by atoms with van der Waals surface area (Å²) in [6, 6.07) is 15.0. The second kappa shape index (κ2) is 10.0. The zero-order chi connectivity index (χ0) is 23.4. The first-order valence-electron chi connectivity index (χ1n) is 10.6. The highest BCUT2D eigenvalue weighted by Crippen LogP contribution is 2.31. The minimum Gasteiger partial charge on any atom is -0.489 e. The number of piperidine rings is 1. The van der Waals surface area contributed by atoms with Crippen LogP contribution in [0.15, 0.2) is 65.8 Å². The summed E-state index contributed by atoms with van der Waals surface area (Å²) in [7, 11) is -3.99. The highest BCUT2D eigenvalue weighted by molar-refractivity contribution is 7.92. The smallest absolute Gasteiger partial charge is 0.264 e. The average Bonchev–Trinajstić information content (AvgIpc) is 2.82. The molecule has 33 heavy (non-hydrogen) atoms. The van der Waals surface area contributed by atoms with Crippen LogP contribution in [0.3, 0.4) is 0 Å². The van der Waals surface area contributed by atoms with E-state index in [-0.39, 0.29) is 22.0 Å². The van der Waals surface area contributed by atoms with Crippen molar-refractivity contribution in [2.75, 3.05) is 17.8 Å². The third kappa shape index (κ3) is 5.79. The Morgan fingerprint density at radius 1 is 1.12 bits per heavy atom. The first-order chi connectivity index (χ1) is 15.8. The van der Waals surface area contributed by atoms with Gasteiger partial charge in [-0.3, -0.25) is 4.90 Å². The summed E-state index contributed by atoms with van der Waals surface area (Å²) in [5.41, 5.74) is 1.29. The Balaban J connectivity index is 1.36. The quantitative estimate of drug-likeness (QED) is 0.518. The van der Waals surface area contributed by atoms with Gasteiger partial charge in [-0.2, -0.15) is 0 Å². The lowest BCUT2D eigenvalue weighted by molar-refractivity contribution is 0.0797. The summed E-state index contributed by atoms with van der Waals surface area (Å²) in [6.07, 6.45) is 3.44. The Kier molecular flexibility index (Phi) is 7.11. The van der Waals surface area contributed by atoms with Gasteiger partial charge < -0.3 is 4.74 Å². The largest absolute Gasteiger partial charge is 0.489 e. The summed E-state index contributed by atoms with van der Waals surface area (Å²) >= 11 is 6.33. The fraction of sp³-hybridized carbons (Fsp3) is 0.304. The predicted octanol–water partition coefficient (Wildman–Crippen LogP) is 4.67. The molecular weight excluding hydrogens is 467 g/mol. The van der Waals surface area contributed by atoms with Gasteiger partial charge in [0.15, 0.2) is 5.82 Å². The molecule has 174 valence electrons. The minimum atomic E-state index is -3.99. The molecule has 0 aliphatic carbocycles. The number of likely N-dealkylation sites (tertiary alicyclic amines) is 1. The Morgan fingerprint density at radius 2 is 1.79 bits per heavy atom. The number of halogens is 2. The fourth-order valence-electron chi connectivity index (χ4n) is 3.79. The van der Waals surface area contributed by atoms with Crippen LogP contribution in [0.5, 0.6) is 5.75 Å². The molecule has 7 nitrogen and oxygen atoms in total. The van der Waals surface area contributed by atoms with E-state index in [1.807, 2.05) is 6.07 Å². The van der Waals surface area contributed by atoms with Crippen LogP contribution in [-0.2, 0) is 10.0 Å². The van der Waals surface area contributed by atoms with Crippen LogP contribution in [0.1, 0.15) is 31.4 Å². The third-order valence-electron chi connectivity index (χ3n) is 5.66. The molecule has 1 aliphatic heterocycles. The van der Waals surface area contributed by atoms with Crippen molar-refractivity contribution in [2.24, 2.45) is 0 Å². The van der Waals surface area contributed by atoms with Crippen LogP contribution in [-0.4, -0.2) is 42.5 Å². The Morgan fingerprint density at radius 3 is 2.42 bits per heavy atom. The first-order valence-corrected chi connectivity index (χ1v) is 12.4. The molecule has 10 heteroatoms. The molecule has 3 aromatic rings. The van der Waals surface area contributed by atoms with Gasteiger partial charge in [0.05, 0.1) is 22.3 Å². The van der Waals surface area contributed by atoms with Crippen molar-refractivity contribution >= 4 is 27.6 Å². The maximum atomic E-state index is 12.9. The standard InChI is InChI=1S/C23H24ClFN4O3S/c1-16(17-5-3-2-4-6-17)29-11-9-19(10-12-29)32-22-8-7-20(13-21(22)24)33(30,31)28-23-26-14-18(25)15-27-23/h2-8,13-16,19H,9-12H2,1H3,(H,26,27,28)/t16-/m1/s1. The molecular formula is C23H24ClFN4O3S. The van der Waals surface area contributed by atoms with E-state index in [1.54, 1.807) is 6.07 Å². The van der Waals surface area contributed by atoms with E-state index in [1.165, 1.54) is 17.7 Å². The molecule has 2 heterocycles. The molecule has 0 radical (unpaired) electrons. The summed E-state index contributed by atoms with van der Waals surface area (Å²) < 4.78 is 46.3. The topological polar surface area (TPSA) is 84.4 Å². The highest BCUT2D eigenvalue weighted by atomic mass is 35.5. The lowest BCUT2D eigenvalue weighted by Crippen LogP contribution is -2.39. The van der Waals surface area contributed by atoms with Gasteiger partial charge in [0.1, 0.15) is 11.9 Å². The Bertz CT molecular complexity index is 1190. The summed E-state index contributed by atoms with van der Waals surface area (Å²) in [5, 5.41) is 0.193. The second-order valence-electron chi connectivity index (χ2n) is 7.86. The monoisotopic (exact) mass is 490 g/mol. The number of ether oxygens (including phenoxy) is 1. The number of nitrogens with zero attached hydrogens (tertiary/aromatic N) is 3. The zero-order valence-electron chi connectivity index (χ0n) is 18.0. The van der Waals surface area contributed by atoms with Gasteiger partial charge in [0.2, 0.25) is 5.95 Å². The van der Waals surface area contributed by atoms with Crippen LogP contribution in [0, 0.1) is 5.82 Å². The summed E-state index contributed by atoms with van der Waals surface area (Å²) in [6.45, 7) is 4.00. The summed E-state index contributed by atoms with van der Waals surface area (Å²) in [5.74, 6) is -0.463. The van der Waals surface area contributed by atoms with E-state index >= 15 is 0 Å². The molecule has 0 bridgehead atoms.